The largest absolute Gasteiger partial charge is 0.481 e. The summed E-state index contributed by atoms with van der Waals surface area (Å²) in [6.07, 6.45) is -1.38. The number of ketones is 1. The number of esters is 1. The van der Waals surface area contributed by atoms with Gasteiger partial charge in [-0.05, 0) is 60.1 Å². The van der Waals surface area contributed by atoms with Gasteiger partial charge in [0.2, 0.25) is 5.91 Å². The predicted octanol–water partition coefficient (Wildman–Crippen LogP) is 5.56. The van der Waals surface area contributed by atoms with Gasteiger partial charge < -0.3 is 25.6 Å². The normalized spacial score (nSPS) is 22.8. The van der Waals surface area contributed by atoms with Crippen LogP contribution in [-0.2, 0) is 29.3 Å². The number of carboxylic acids is 1. The van der Waals surface area contributed by atoms with E-state index in [4.69, 9.17) is 33.0 Å². The van der Waals surface area contributed by atoms with Crippen LogP contribution in [0.25, 0.3) is 0 Å². The van der Waals surface area contributed by atoms with E-state index < -0.39 is 72.0 Å². The van der Waals surface area contributed by atoms with Gasteiger partial charge in [-0.15, -0.1) is 12.4 Å². The molecule has 2 aromatic carbocycles. The number of hydrogen-bond donors (Lipinski definition) is 4. The maximum atomic E-state index is 15.0. The monoisotopic (exact) mass is 690 g/mol. The van der Waals surface area contributed by atoms with Gasteiger partial charge in [-0.1, -0.05) is 50.0 Å². The molecule has 2 aliphatic rings. The number of halogens is 5. The lowest BCUT2D eigenvalue weighted by atomic mass is 9.62. The van der Waals surface area contributed by atoms with Crippen LogP contribution in [0.2, 0.25) is 10.0 Å². The quantitative estimate of drug-likeness (QED) is 0.177. The number of aliphatic hydroxyl groups is 1. The zero-order valence-corrected chi connectivity index (χ0v) is 27.1. The molecule has 45 heavy (non-hydrogen) atoms. The number of hydrogen-bond acceptors (Lipinski definition) is 7. The number of Topliss-reactive ketones (excluding diaryl/α,β-unsaturated/α-hetero) is 1. The first-order valence-electron chi connectivity index (χ1n) is 14.1. The number of rotatable bonds is 11. The number of aliphatic carboxylic acids is 1. The average molecular weight is 692 g/mol. The SMILES string of the molecule is CC(C)(C)C[C@H]1N[C@@H](C(=O)CCC[C@H](O)COC(=O)CC(=O)O)[C@H](c2ccc(F)c(Cl)c2)[C@@]12C(=O)Nc1cc(Cl)c(F)cc12.Cl. The van der Waals surface area contributed by atoms with Crippen LogP contribution in [0.5, 0.6) is 0 Å². The van der Waals surface area contributed by atoms with Gasteiger partial charge in [0, 0.05) is 24.1 Å². The van der Waals surface area contributed by atoms with Crippen molar-refractivity contribution in [2.45, 2.75) is 82.4 Å². The maximum absolute atomic E-state index is 15.0. The first kappa shape index (κ1) is 36.6. The number of carbonyl (C=O) groups is 4. The van der Waals surface area contributed by atoms with Crippen molar-refractivity contribution in [2.75, 3.05) is 11.9 Å². The highest BCUT2D eigenvalue weighted by molar-refractivity contribution is 6.31. The number of nitrogens with one attached hydrogen (secondary N) is 2. The van der Waals surface area contributed by atoms with Crippen LogP contribution in [0, 0.1) is 17.0 Å². The van der Waals surface area contributed by atoms with Gasteiger partial charge in [0.05, 0.1) is 22.2 Å². The summed E-state index contributed by atoms with van der Waals surface area (Å²) in [7, 11) is 0. The highest BCUT2D eigenvalue weighted by Crippen LogP contribution is 2.57. The molecule has 14 heteroatoms. The van der Waals surface area contributed by atoms with Crippen LogP contribution in [0.4, 0.5) is 14.5 Å². The Bertz CT molecular complexity index is 1490. The molecule has 0 bridgehead atoms. The lowest BCUT2D eigenvalue weighted by molar-refractivity contribution is -0.153. The molecule has 9 nitrogen and oxygen atoms in total. The minimum absolute atomic E-state index is 0. The second-order valence-electron chi connectivity index (χ2n) is 12.5. The summed E-state index contributed by atoms with van der Waals surface area (Å²) in [6, 6.07) is 4.89. The van der Waals surface area contributed by atoms with Crippen LogP contribution >= 0.6 is 35.6 Å². The molecule has 1 amide bonds. The Balaban J connectivity index is 0.00000552. The molecule has 0 unspecified atom stereocenters. The summed E-state index contributed by atoms with van der Waals surface area (Å²) < 4.78 is 34.1. The zero-order valence-electron chi connectivity index (χ0n) is 24.8. The molecule has 1 saturated heterocycles. The van der Waals surface area contributed by atoms with Gasteiger partial charge in [0.15, 0.2) is 0 Å². The molecular weight excluding hydrogens is 657 g/mol. The zero-order chi connectivity index (χ0) is 32.6. The van der Waals surface area contributed by atoms with Crippen LogP contribution in [0.1, 0.15) is 69.9 Å². The van der Waals surface area contributed by atoms with E-state index >= 15 is 4.39 Å². The van der Waals surface area contributed by atoms with Crippen LogP contribution in [-0.4, -0.2) is 58.6 Å². The molecule has 2 aromatic rings. The molecule has 4 rings (SSSR count). The number of carbonyl (C=O) groups excluding carboxylic acids is 3. The standard InChI is InChI=1S/C31H34Cl2F2N2O7.ClH/c1-30(2,3)13-24-31(17-10-21(35)19(33)11-22(17)36-29(31)43)27(15-7-8-20(34)18(32)9-15)28(37-24)23(39)6-4-5-16(38)14-44-26(42)12-25(40)41;/h7-11,16,24,27-28,37-38H,4-6,12-14H2,1-3H3,(H,36,43)(H,40,41);1H/t16-,24+,27-,28-,31-;/m0./s1. The molecule has 0 saturated carbocycles. The Morgan fingerprint density at radius 2 is 1.76 bits per heavy atom. The summed E-state index contributed by atoms with van der Waals surface area (Å²) in [5.74, 6) is -5.47. The highest BCUT2D eigenvalue weighted by Gasteiger charge is 2.65. The first-order chi connectivity index (χ1) is 20.5. The lowest BCUT2D eigenvalue weighted by Gasteiger charge is -2.37. The third-order valence-electron chi connectivity index (χ3n) is 8.04. The number of fused-ring (bicyclic) bond motifs is 2. The number of anilines is 1. The fourth-order valence-electron chi connectivity index (χ4n) is 6.31. The molecule has 4 N–H and O–H groups in total. The molecule has 0 radical (unpaired) electrons. The number of ether oxygens (including phenoxy) is 1. The maximum Gasteiger partial charge on any atom is 0.317 e. The predicted molar refractivity (Wildman–Crippen MR) is 166 cm³/mol. The van der Waals surface area contributed by atoms with E-state index in [0.29, 0.717) is 23.2 Å². The van der Waals surface area contributed by atoms with Crippen molar-refractivity contribution in [1.82, 2.24) is 5.32 Å². The third-order valence-corrected chi connectivity index (χ3v) is 8.62. The van der Waals surface area contributed by atoms with Gasteiger partial charge in [0.25, 0.3) is 0 Å². The molecule has 0 aromatic heterocycles. The van der Waals surface area contributed by atoms with Gasteiger partial charge >= 0.3 is 11.9 Å². The second-order valence-corrected chi connectivity index (χ2v) is 13.3. The fraction of sp³-hybridized carbons (Fsp3) is 0.484. The third kappa shape index (κ3) is 7.77. The Labute approximate surface area is 275 Å². The number of carboxylic acid groups (broad SMARTS) is 1. The summed E-state index contributed by atoms with van der Waals surface area (Å²) >= 11 is 12.2. The van der Waals surface area contributed by atoms with Crippen molar-refractivity contribution < 1.29 is 42.9 Å². The highest BCUT2D eigenvalue weighted by atomic mass is 35.5. The van der Waals surface area contributed by atoms with E-state index in [1.807, 2.05) is 20.8 Å². The number of amides is 1. The topological polar surface area (TPSA) is 142 Å². The molecule has 1 spiro atoms. The van der Waals surface area contributed by atoms with Crippen LogP contribution < -0.4 is 10.6 Å². The molecule has 1 fully saturated rings. The van der Waals surface area contributed by atoms with E-state index in [9.17, 15) is 28.7 Å². The Morgan fingerprint density at radius 1 is 1.09 bits per heavy atom. The second kappa shape index (κ2) is 14.3. The minimum atomic E-state index is -1.49. The van der Waals surface area contributed by atoms with E-state index in [1.165, 1.54) is 24.3 Å². The summed E-state index contributed by atoms with van der Waals surface area (Å²) in [5.41, 5.74) is -0.793. The van der Waals surface area contributed by atoms with Gasteiger partial charge in [0.1, 0.15) is 35.9 Å². The Hall–Kier alpha value is -2.83. The summed E-state index contributed by atoms with van der Waals surface area (Å²) in [5, 5.41) is 24.7. The molecule has 246 valence electrons. The van der Waals surface area contributed by atoms with Gasteiger partial charge in [-0.2, -0.15) is 0 Å². The van der Waals surface area contributed by atoms with Crippen molar-refractivity contribution in [2.24, 2.45) is 5.41 Å². The van der Waals surface area contributed by atoms with Gasteiger partial charge in [-0.25, -0.2) is 8.78 Å². The Morgan fingerprint density at radius 3 is 2.38 bits per heavy atom. The van der Waals surface area contributed by atoms with Crippen molar-refractivity contribution in [3.05, 3.63) is 63.1 Å². The molecule has 0 aliphatic carbocycles. The minimum Gasteiger partial charge on any atom is -0.481 e. The van der Waals surface area contributed by atoms with E-state index in [2.05, 4.69) is 10.6 Å². The summed E-state index contributed by atoms with van der Waals surface area (Å²) in [4.78, 5) is 50.1. The van der Waals surface area contributed by atoms with Crippen LogP contribution in [0.15, 0.2) is 30.3 Å². The average Bonchev–Trinajstić information content (AvgIpc) is 3.38. The van der Waals surface area contributed by atoms with Crippen LogP contribution in [0.3, 0.4) is 0 Å². The lowest BCUT2D eigenvalue weighted by Crippen LogP contribution is -2.49. The Kier molecular flexibility index (Phi) is 11.6. The molecule has 2 heterocycles. The first-order valence-corrected chi connectivity index (χ1v) is 14.9. The van der Waals surface area contributed by atoms with E-state index in [1.54, 1.807) is 0 Å². The van der Waals surface area contributed by atoms with E-state index in [0.717, 1.165) is 6.07 Å². The van der Waals surface area contributed by atoms with Crippen molar-refractivity contribution in [3.63, 3.8) is 0 Å². The van der Waals surface area contributed by atoms with Crippen molar-refractivity contribution >= 4 is 64.9 Å². The number of benzene rings is 2. The molecular formula is C31H35Cl3F2N2O7. The molecule has 5 atom stereocenters. The van der Waals surface area contributed by atoms with Crippen molar-refractivity contribution in [1.29, 1.82) is 0 Å². The molecule has 2 aliphatic heterocycles. The number of aliphatic hydroxyl groups excluding tert-OH is 1. The summed E-state index contributed by atoms with van der Waals surface area (Å²) in [6.45, 7) is 5.49. The van der Waals surface area contributed by atoms with Gasteiger partial charge in [-0.3, -0.25) is 19.2 Å². The van der Waals surface area contributed by atoms with Crippen molar-refractivity contribution in [3.8, 4) is 0 Å². The fourth-order valence-corrected chi connectivity index (χ4v) is 6.66. The van der Waals surface area contributed by atoms with E-state index in [-0.39, 0.29) is 52.9 Å². The smallest absolute Gasteiger partial charge is 0.317 e.